The van der Waals surface area contributed by atoms with Gasteiger partial charge in [-0.05, 0) is 32.0 Å². The van der Waals surface area contributed by atoms with E-state index in [-0.39, 0.29) is 33.6 Å². The van der Waals surface area contributed by atoms with Crippen LogP contribution in [0.15, 0.2) is 62.5 Å². The third-order valence-electron chi connectivity index (χ3n) is 4.62. The first-order valence-electron chi connectivity index (χ1n) is 8.97. The molecule has 0 aromatic heterocycles. The van der Waals surface area contributed by atoms with Crippen molar-refractivity contribution in [2.24, 2.45) is 0 Å². The highest BCUT2D eigenvalue weighted by molar-refractivity contribution is 6.31. The monoisotopic (exact) mass is 409 g/mol. The van der Waals surface area contributed by atoms with Gasteiger partial charge < -0.3 is 13.7 Å². The first kappa shape index (κ1) is 19.0. The Labute approximate surface area is 169 Å². The molecule has 7 heteroatoms. The van der Waals surface area contributed by atoms with Crippen molar-refractivity contribution >= 4 is 45.1 Å². The minimum absolute atomic E-state index is 0.0431. The Kier molecular flexibility index (Phi) is 4.72. The molecule has 0 spiro atoms. The molecule has 6 nitrogen and oxygen atoms in total. The van der Waals surface area contributed by atoms with Crippen LogP contribution < -0.4 is 10.9 Å². The van der Waals surface area contributed by atoms with Gasteiger partial charge in [-0.15, -0.1) is 0 Å². The van der Waals surface area contributed by atoms with Crippen LogP contribution in [0.1, 0.15) is 13.8 Å². The van der Waals surface area contributed by atoms with Gasteiger partial charge in [0.2, 0.25) is 16.3 Å². The molecule has 2 aromatic carbocycles. The molecule has 0 saturated heterocycles. The Morgan fingerprint density at radius 2 is 1.83 bits per heavy atom. The second-order valence-corrected chi connectivity index (χ2v) is 6.91. The van der Waals surface area contributed by atoms with Gasteiger partial charge in [0.15, 0.2) is 5.58 Å². The smallest absolute Gasteiger partial charge is 0.332 e. The minimum Gasteiger partial charge on any atom is -0.463 e. The Morgan fingerprint density at radius 1 is 1.14 bits per heavy atom. The maximum atomic E-state index is 13.3. The molecule has 1 aliphatic carbocycles. The molecule has 2 aliphatic rings. The molecule has 0 radical (unpaired) electrons. The van der Waals surface area contributed by atoms with E-state index in [1.807, 2.05) is 0 Å². The molecule has 0 N–H and O–H groups in total. The molecular weight excluding hydrogens is 394 g/mol. The summed E-state index contributed by atoms with van der Waals surface area (Å²) in [5, 5.41) is 1.02. The highest BCUT2D eigenvalue weighted by Gasteiger charge is 2.16. The number of aromatic nitrogens is 1. The van der Waals surface area contributed by atoms with E-state index in [1.54, 1.807) is 56.3 Å². The van der Waals surface area contributed by atoms with Gasteiger partial charge in [-0.1, -0.05) is 35.9 Å². The average molecular weight is 410 g/mol. The molecule has 0 saturated carbocycles. The number of hydrogen-bond acceptors (Lipinski definition) is 5. The zero-order valence-corrected chi connectivity index (χ0v) is 16.4. The number of ether oxygens (including phenoxy) is 1. The highest BCUT2D eigenvalue weighted by Crippen LogP contribution is 2.23. The number of carbonyl (C=O) groups is 1. The SMILES string of the molecule is CCOC(=O)/C=C(/C)n1c2c(=O)c3ccccc3c(=O)c=2oc2ccc(Cl)cc21. The molecule has 2 aromatic rings. The van der Waals surface area contributed by atoms with Crippen LogP contribution in [0.2, 0.25) is 5.02 Å². The van der Waals surface area contributed by atoms with Crippen molar-refractivity contribution in [3.63, 3.8) is 0 Å². The summed E-state index contributed by atoms with van der Waals surface area (Å²) in [6.07, 6.45) is 1.27. The van der Waals surface area contributed by atoms with Crippen molar-refractivity contribution in [2.45, 2.75) is 13.8 Å². The molecule has 0 fully saturated rings. The van der Waals surface area contributed by atoms with Crippen molar-refractivity contribution in [3.05, 3.63) is 84.8 Å². The molecule has 4 rings (SSSR count). The largest absolute Gasteiger partial charge is 0.463 e. The molecule has 1 heterocycles. The van der Waals surface area contributed by atoms with Crippen LogP contribution in [0.4, 0.5) is 0 Å². The number of esters is 1. The first-order chi connectivity index (χ1) is 13.9. The van der Waals surface area contributed by atoms with Gasteiger partial charge in [0, 0.05) is 27.6 Å². The molecule has 0 unspecified atom stereocenters. The fraction of sp³-hybridized carbons (Fsp3) is 0.136. The van der Waals surface area contributed by atoms with Crippen LogP contribution in [0.25, 0.3) is 27.6 Å². The Hall–Kier alpha value is -3.38. The predicted molar refractivity (Wildman–Crippen MR) is 111 cm³/mol. The average Bonchev–Trinajstić information content (AvgIpc) is 2.70. The quantitative estimate of drug-likeness (QED) is 0.378. The summed E-state index contributed by atoms with van der Waals surface area (Å²) in [6.45, 7) is 3.56. The number of fused-ring (bicyclic) bond motifs is 2. The maximum Gasteiger partial charge on any atom is 0.332 e. The van der Waals surface area contributed by atoms with Crippen LogP contribution in [0.5, 0.6) is 0 Å². The summed E-state index contributed by atoms with van der Waals surface area (Å²) in [5.41, 5.74) is 0.339. The summed E-state index contributed by atoms with van der Waals surface area (Å²) < 4.78 is 12.3. The van der Waals surface area contributed by atoms with Gasteiger partial charge in [0.1, 0.15) is 5.35 Å². The molecule has 146 valence electrons. The Bertz CT molecular complexity index is 1500. The lowest BCUT2D eigenvalue weighted by molar-refractivity contribution is -0.137. The number of carbonyl (C=O) groups excluding carboxylic acids is 1. The van der Waals surface area contributed by atoms with Crippen LogP contribution in [-0.2, 0) is 9.53 Å². The summed E-state index contributed by atoms with van der Waals surface area (Å²) in [5.74, 6) is -0.558. The lowest BCUT2D eigenvalue weighted by Crippen LogP contribution is -2.21. The second kappa shape index (κ2) is 7.22. The zero-order chi connectivity index (χ0) is 20.7. The minimum atomic E-state index is -0.558. The third kappa shape index (κ3) is 3.11. The fourth-order valence-corrected chi connectivity index (χ4v) is 3.57. The van der Waals surface area contributed by atoms with E-state index in [2.05, 4.69) is 0 Å². The summed E-state index contributed by atoms with van der Waals surface area (Å²) in [6, 6.07) is 11.4. The van der Waals surface area contributed by atoms with Gasteiger partial charge in [-0.25, -0.2) is 4.79 Å². The molecule has 29 heavy (non-hydrogen) atoms. The van der Waals surface area contributed by atoms with Gasteiger partial charge >= 0.3 is 5.97 Å². The van der Waals surface area contributed by atoms with E-state index in [0.717, 1.165) is 0 Å². The number of allylic oxidation sites excluding steroid dienone is 1. The lowest BCUT2D eigenvalue weighted by atomic mass is 10.1. The zero-order valence-electron chi connectivity index (χ0n) is 15.7. The van der Waals surface area contributed by atoms with E-state index in [1.165, 1.54) is 10.6 Å². The van der Waals surface area contributed by atoms with E-state index in [0.29, 0.717) is 21.8 Å². The van der Waals surface area contributed by atoms with Crippen molar-refractivity contribution < 1.29 is 13.9 Å². The van der Waals surface area contributed by atoms with Gasteiger partial charge in [-0.3, -0.25) is 9.59 Å². The molecule has 0 amide bonds. The summed E-state index contributed by atoms with van der Waals surface area (Å²) in [7, 11) is 0. The van der Waals surface area contributed by atoms with Crippen molar-refractivity contribution in [1.29, 1.82) is 0 Å². The van der Waals surface area contributed by atoms with Crippen LogP contribution in [0.3, 0.4) is 0 Å². The number of benzene rings is 2. The molecule has 0 bridgehead atoms. The fourth-order valence-electron chi connectivity index (χ4n) is 3.40. The van der Waals surface area contributed by atoms with Crippen molar-refractivity contribution in [1.82, 2.24) is 4.57 Å². The van der Waals surface area contributed by atoms with E-state index < -0.39 is 11.4 Å². The van der Waals surface area contributed by atoms with Crippen LogP contribution >= 0.6 is 11.6 Å². The van der Waals surface area contributed by atoms with Crippen molar-refractivity contribution in [3.8, 4) is 0 Å². The molecule has 0 atom stereocenters. The highest BCUT2D eigenvalue weighted by atomic mass is 35.5. The van der Waals surface area contributed by atoms with E-state index >= 15 is 0 Å². The topological polar surface area (TPSA) is 78.5 Å². The number of nitrogens with zero attached hydrogens (tertiary/aromatic N) is 1. The third-order valence-corrected chi connectivity index (χ3v) is 4.85. The van der Waals surface area contributed by atoms with Crippen LogP contribution in [-0.4, -0.2) is 17.1 Å². The second-order valence-electron chi connectivity index (χ2n) is 6.47. The number of rotatable bonds is 3. The first-order valence-corrected chi connectivity index (χ1v) is 9.35. The summed E-state index contributed by atoms with van der Waals surface area (Å²) >= 11 is 6.16. The predicted octanol–water partition coefficient (Wildman–Crippen LogP) is 3.91. The normalized spacial score (nSPS) is 12.0. The van der Waals surface area contributed by atoms with E-state index in [4.69, 9.17) is 20.8 Å². The Morgan fingerprint density at radius 3 is 2.52 bits per heavy atom. The van der Waals surface area contributed by atoms with E-state index in [9.17, 15) is 14.4 Å². The standard InChI is InChI=1S/C22H16ClNO5/c1-3-28-18(25)10-12(2)24-16-11-13(23)8-9-17(16)29-22-19(24)20(26)14-6-4-5-7-15(14)21(22)27/h4-11H,3H2,1-2H3/b12-10-. The molecule has 1 aliphatic heterocycles. The summed E-state index contributed by atoms with van der Waals surface area (Å²) in [4.78, 5) is 38.4. The van der Waals surface area contributed by atoms with Gasteiger partial charge in [-0.2, -0.15) is 0 Å². The number of halogens is 1. The maximum absolute atomic E-state index is 13.3. The molecular formula is C22H16ClNO5. The van der Waals surface area contributed by atoms with Crippen molar-refractivity contribution in [2.75, 3.05) is 6.61 Å². The Balaban J connectivity index is 2.30. The van der Waals surface area contributed by atoms with Crippen LogP contribution in [0, 0.1) is 10.8 Å². The lowest BCUT2D eigenvalue weighted by Gasteiger charge is -2.13. The number of hydrogen-bond donors (Lipinski definition) is 0. The van der Waals surface area contributed by atoms with Gasteiger partial charge in [0.25, 0.3) is 0 Å². The van der Waals surface area contributed by atoms with Gasteiger partial charge in [0.05, 0.1) is 12.1 Å².